The minimum Gasteiger partial charge on any atom is -0.316 e. The maximum atomic E-state index is 12.7. The first-order chi connectivity index (χ1) is 12.2. The van der Waals surface area contributed by atoms with Crippen LogP contribution in [-0.4, -0.2) is 18.3 Å². The van der Waals surface area contributed by atoms with Crippen molar-refractivity contribution in [3.05, 3.63) is 16.0 Å². The van der Waals surface area contributed by atoms with Crippen LogP contribution in [0.15, 0.2) is 0 Å². The van der Waals surface area contributed by atoms with Crippen LogP contribution in [0.1, 0.15) is 43.2 Å². The summed E-state index contributed by atoms with van der Waals surface area (Å²) >= 11 is 0.884. The molecule has 1 aromatic heterocycles. The van der Waals surface area contributed by atoms with Crippen LogP contribution in [0.5, 0.6) is 0 Å². The van der Waals surface area contributed by atoms with E-state index in [1.807, 2.05) is 26.8 Å². The van der Waals surface area contributed by atoms with Crippen LogP contribution in [0.25, 0.3) is 0 Å². The fraction of sp³-hybridized carbons (Fsp3) is 0.647. The zero-order valence-corrected chi connectivity index (χ0v) is 15.6. The Kier molecular flexibility index (Phi) is 5.59. The van der Waals surface area contributed by atoms with Crippen LogP contribution >= 0.6 is 11.3 Å². The first-order valence-electron chi connectivity index (χ1n) is 8.15. The van der Waals surface area contributed by atoms with E-state index in [4.69, 9.17) is 0 Å². The van der Waals surface area contributed by atoms with Gasteiger partial charge in [0, 0.05) is 4.88 Å². The molecule has 0 saturated carbocycles. The van der Waals surface area contributed by atoms with Crippen molar-refractivity contribution >= 4 is 22.2 Å². The lowest BCUT2D eigenvalue weighted by Crippen LogP contribution is -2.45. The number of carbonyl (C=O) groups is 1. The van der Waals surface area contributed by atoms with Crippen molar-refractivity contribution in [1.82, 2.24) is 0 Å². The van der Waals surface area contributed by atoms with Crippen molar-refractivity contribution < 1.29 is 31.1 Å². The van der Waals surface area contributed by atoms with Crippen molar-refractivity contribution in [3.63, 3.8) is 0 Å². The lowest BCUT2D eigenvalue weighted by Gasteiger charge is -2.33. The van der Waals surface area contributed by atoms with Gasteiger partial charge in [0.1, 0.15) is 11.1 Å². The third kappa shape index (κ3) is 4.57. The summed E-state index contributed by atoms with van der Waals surface area (Å²) in [5, 5.41) is 10.8. The van der Waals surface area contributed by atoms with Gasteiger partial charge in [0.05, 0.1) is 5.56 Å². The van der Waals surface area contributed by atoms with Gasteiger partial charge in [-0.25, -0.2) is 0 Å². The van der Waals surface area contributed by atoms with Crippen LogP contribution in [0.2, 0.25) is 0 Å². The molecule has 1 aliphatic rings. The first kappa shape index (κ1) is 21.5. The summed E-state index contributed by atoms with van der Waals surface area (Å²) in [4.78, 5) is 12.5. The summed E-state index contributed by atoms with van der Waals surface area (Å²) in [7, 11) is 0. The van der Waals surface area contributed by atoms with Gasteiger partial charge in [0.15, 0.2) is 0 Å². The molecule has 1 atom stereocenters. The number of hydrogen-bond acceptors (Lipinski definition) is 3. The van der Waals surface area contributed by atoms with Gasteiger partial charge in [-0.1, -0.05) is 20.8 Å². The summed E-state index contributed by atoms with van der Waals surface area (Å²) < 4.78 is 76.3. The smallest absolute Gasteiger partial charge is 0.316 e. The number of amides is 1. The topological polar surface area (TPSA) is 52.9 Å². The van der Waals surface area contributed by atoms with Gasteiger partial charge in [-0.05, 0) is 36.2 Å². The fourth-order valence-corrected chi connectivity index (χ4v) is 4.48. The van der Waals surface area contributed by atoms with Crippen molar-refractivity contribution in [2.75, 3.05) is 5.32 Å². The largest absolute Gasteiger partial charge is 0.409 e. The minimum atomic E-state index is -5.77. The van der Waals surface area contributed by atoms with Crippen LogP contribution in [0.3, 0.4) is 0 Å². The Bertz CT molecular complexity index is 753. The molecule has 1 aliphatic carbocycles. The molecule has 0 spiro atoms. The molecule has 0 aromatic carbocycles. The molecule has 0 fully saturated rings. The number of fused-ring (bicyclic) bond motifs is 1. The highest BCUT2D eigenvalue weighted by molar-refractivity contribution is 7.16. The fourth-order valence-electron chi connectivity index (χ4n) is 3.20. The Balaban J connectivity index is 2.34. The second-order valence-electron chi connectivity index (χ2n) is 7.63. The minimum absolute atomic E-state index is 0.0322. The maximum absolute atomic E-state index is 12.7. The van der Waals surface area contributed by atoms with Crippen LogP contribution < -0.4 is 5.32 Å². The van der Waals surface area contributed by atoms with Gasteiger partial charge in [0.25, 0.3) is 0 Å². The summed E-state index contributed by atoms with van der Waals surface area (Å²) in [6.45, 7) is 6.13. The Morgan fingerprint density at radius 2 is 1.74 bits per heavy atom. The highest BCUT2D eigenvalue weighted by atomic mass is 32.1. The van der Waals surface area contributed by atoms with Crippen molar-refractivity contribution in [3.8, 4) is 6.07 Å². The standard InChI is InChI=1S/C17H18F6N2OS/c1-15(2,3)8-4-5-9-10(7-24)14(27-11(9)6-8)25-13(26)12(16(18,19)20)17(21,22)23/h8,12H,4-6H2,1-3H3,(H,25,26)/t8-/m0/s1. The summed E-state index contributed by atoms with van der Waals surface area (Å²) in [5.74, 6) is -6.10. The number of hydrogen-bond donors (Lipinski definition) is 1. The average molecular weight is 412 g/mol. The summed E-state index contributed by atoms with van der Waals surface area (Å²) in [6.07, 6.45) is -9.74. The van der Waals surface area contributed by atoms with E-state index in [0.29, 0.717) is 18.4 Å². The first-order valence-corrected chi connectivity index (χ1v) is 8.96. The van der Waals surface area contributed by atoms with E-state index in [-0.39, 0.29) is 21.9 Å². The highest BCUT2D eigenvalue weighted by Gasteiger charge is 2.61. The van der Waals surface area contributed by atoms with Gasteiger partial charge >= 0.3 is 12.4 Å². The SMILES string of the molecule is CC(C)(C)[C@H]1CCc2c(sc(NC(=O)C(C(F)(F)F)C(F)(F)F)c2C#N)C1. The Morgan fingerprint density at radius 1 is 1.19 bits per heavy atom. The van der Waals surface area contributed by atoms with E-state index < -0.39 is 24.2 Å². The highest BCUT2D eigenvalue weighted by Crippen LogP contribution is 2.45. The number of rotatable bonds is 2. The third-order valence-electron chi connectivity index (χ3n) is 4.76. The maximum Gasteiger partial charge on any atom is 0.409 e. The molecule has 0 saturated heterocycles. The van der Waals surface area contributed by atoms with Crippen LogP contribution in [0.4, 0.5) is 31.3 Å². The van der Waals surface area contributed by atoms with Gasteiger partial charge in [-0.3, -0.25) is 4.79 Å². The molecule has 1 heterocycles. The molecule has 0 unspecified atom stereocenters. The van der Waals surface area contributed by atoms with Crippen molar-refractivity contribution in [2.45, 2.75) is 52.4 Å². The number of nitrogens with zero attached hydrogens (tertiary/aromatic N) is 1. The second-order valence-corrected chi connectivity index (χ2v) is 8.74. The number of alkyl halides is 6. The second kappa shape index (κ2) is 7.00. The molecule has 3 nitrogen and oxygen atoms in total. The summed E-state index contributed by atoms with van der Waals surface area (Å²) in [5.41, 5.74) is 0.530. The molecule has 10 heteroatoms. The quantitative estimate of drug-likeness (QED) is 0.657. The lowest BCUT2D eigenvalue weighted by atomic mass is 9.72. The zero-order valence-electron chi connectivity index (χ0n) is 14.8. The van der Waals surface area contributed by atoms with Gasteiger partial charge in [-0.2, -0.15) is 31.6 Å². The molecule has 150 valence electrons. The molecule has 0 aliphatic heterocycles. The molecule has 1 N–H and O–H groups in total. The van der Waals surface area contributed by atoms with E-state index in [1.54, 1.807) is 5.32 Å². The zero-order chi connectivity index (χ0) is 20.8. The number of anilines is 1. The van der Waals surface area contributed by atoms with E-state index >= 15 is 0 Å². The van der Waals surface area contributed by atoms with Crippen LogP contribution in [0, 0.1) is 28.6 Å². The van der Waals surface area contributed by atoms with Gasteiger partial charge in [-0.15, -0.1) is 11.3 Å². The molecule has 2 rings (SSSR count). The van der Waals surface area contributed by atoms with E-state index in [2.05, 4.69) is 0 Å². The number of thiophene rings is 1. The molecule has 1 amide bonds. The molecule has 0 radical (unpaired) electrons. The van der Waals surface area contributed by atoms with E-state index in [1.165, 1.54) is 0 Å². The van der Waals surface area contributed by atoms with Crippen LogP contribution in [-0.2, 0) is 17.6 Å². The van der Waals surface area contributed by atoms with Crippen molar-refractivity contribution in [1.29, 1.82) is 5.26 Å². The third-order valence-corrected chi connectivity index (χ3v) is 5.93. The lowest BCUT2D eigenvalue weighted by molar-refractivity contribution is -0.272. The Morgan fingerprint density at radius 3 is 2.19 bits per heavy atom. The molecular formula is C17H18F6N2OS. The predicted octanol–water partition coefficient (Wildman–Crippen LogP) is 5.45. The van der Waals surface area contributed by atoms with Crippen molar-refractivity contribution in [2.24, 2.45) is 17.3 Å². The average Bonchev–Trinajstić information content (AvgIpc) is 2.78. The monoisotopic (exact) mass is 412 g/mol. The Labute approximate surface area is 156 Å². The normalized spacial score (nSPS) is 18.2. The number of carbonyl (C=O) groups excluding carboxylic acids is 1. The van der Waals surface area contributed by atoms with Gasteiger partial charge < -0.3 is 5.32 Å². The van der Waals surface area contributed by atoms with Gasteiger partial charge in [0.2, 0.25) is 11.8 Å². The molecule has 27 heavy (non-hydrogen) atoms. The van der Waals surface area contributed by atoms with E-state index in [0.717, 1.165) is 22.6 Å². The molecule has 1 aromatic rings. The number of halogens is 6. The molecular weight excluding hydrogens is 394 g/mol. The van der Waals surface area contributed by atoms with E-state index in [9.17, 15) is 36.4 Å². The number of nitriles is 1. The molecule has 0 bridgehead atoms. The predicted molar refractivity (Wildman–Crippen MR) is 88.2 cm³/mol. The number of nitrogens with one attached hydrogen (secondary N) is 1. The Hall–Kier alpha value is -1.76. The summed E-state index contributed by atoms with van der Waals surface area (Å²) in [6, 6.07) is 1.81.